The van der Waals surface area contributed by atoms with E-state index in [0.29, 0.717) is 55.7 Å². The normalized spacial score (nSPS) is 19.4. The van der Waals surface area contributed by atoms with Crippen LogP contribution in [0.1, 0.15) is 29.6 Å². The third-order valence-corrected chi connectivity index (χ3v) is 5.13. The maximum atomic E-state index is 12.7. The van der Waals surface area contributed by atoms with Gasteiger partial charge in [-0.2, -0.15) is 0 Å². The molecular formula is C19H28ClN3O4. The van der Waals surface area contributed by atoms with Gasteiger partial charge in [-0.1, -0.05) is 0 Å². The van der Waals surface area contributed by atoms with E-state index in [-0.39, 0.29) is 24.2 Å². The molecule has 150 valence electrons. The van der Waals surface area contributed by atoms with Crippen LogP contribution in [0.25, 0.3) is 0 Å². The van der Waals surface area contributed by atoms with Crippen LogP contribution in [0.15, 0.2) is 18.2 Å². The lowest BCUT2D eigenvalue weighted by Gasteiger charge is -2.35. The largest absolute Gasteiger partial charge is 0.493 e. The maximum absolute atomic E-state index is 12.7. The van der Waals surface area contributed by atoms with E-state index in [1.165, 1.54) is 0 Å². The molecule has 8 heteroatoms. The highest BCUT2D eigenvalue weighted by Crippen LogP contribution is 2.28. The van der Waals surface area contributed by atoms with Crippen molar-refractivity contribution in [3.8, 4) is 11.5 Å². The molecule has 2 aliphatic heterocycles. The molecule has 2 aliphatic rings. The number of carbonyl (C=O) groups is 2. The van der Waals surface area contributed by atoms with Crippen molar-refractivity contribution >= 4 is 24.2 Å². The first kappa shape index (κ1) is 21.3. The standard InChI is InChI=1S/C19H27N3O4.ClH/c1-25-16-6-5-14(12-17(16)26-2)19(24)22-10-8-21(9-11-22)18(23)13-15-4-3-7-20-15;/h5-6,12,15,20H,3-4,7-11,13H2,1-2H3;1H. The number of nitrogens with one attached hydrogen (secondary N) is 1. The molecule has 2 amide bonds. The van der Waals surface area contributed by atoms with Gasteiger partial charge in [-0.25, -0.2) is 0 Å². The summed E-state index contributed by atoms with van der Waals surface area (Å²) in [5.74, 6) is 1.27. The predicted molar refractivity (Wildman–Crippen MR) is 105 cm³/mol. The predicted octanol–water partition coefficient (Wildman–Crippen LogP) is 1.55. The van der Waals surface area contributed by atoms with Crippen molar-refractivity contribution in [2.75, 3.05) is 46.9 Å². The second kappa shape index (κ2) is 9.80. The number of halogens is 1. The van der Waals surface area contributed by atoms with E-state index in [1.807, 2.05) is 4.90 Å². The van der Waals surface area contributed by atoms with Gasteiger partial charge in [0.2, 0.25) is 5.91 Å². The van der Waals surface area contributed by atoms with E-state index in [0.717, 1.165) is 19.4 Å². The van der Waals surface area contributed by atoms with E-state index in [2.05, 4.69) is 5.32 Å². The van der Waals surface area contributed by atoms with Crippen molar-refractivity contribution in [2.24, 2.45) is 0 Å². The first-order chi connectivity index (χ1) is 12.6. The second-order valence-corrected chi connectivity index (χ2v) is 6.74. The fraction of sp³-hybridized carbons (Fsp3) is 0.579. The van der Waals surface area contributed by atoms with Crippen molar-refractivity contribution in [3.63, 3.8) is 0 Å². The van der Waals surface area contributed by atoms with Crippen molar-refractivity contribution in [1.82, 2.24) is 15.1 Å². The first-order valence-corrected chi connectivity index (χ1v) is 9.15. The van der Waals surface area contributed by atoms with Crippen LogP contribution in [0.5, 0.6) is 11.5 Å². The van der Waals surface area contributed by atoms with Crippen LogP contribution in [0.2, 0.25) is 0 Å². The van der Waals surface area contributed by atoms with Crippen LogP contribution in [0, 0.1) is 0 Å². The van der Waals surface area contributed by atoms with E-state index >= 15 is 0 Å². The highest BCUT2D eigenvalue weighted by molar-refractivity contribution is 5.95. The minimum absolute atomic E-state index is 0. The number of piperazine rings is 1. The number of amides is 2. The quantitative estimate of drug-likeness (QED) is 0.816. The SMILES string of the molecule is COc1ccc(C(=O)N2CCN(C(=O)CC3CCCN3)CC2)cc1OC.Cl. The van der Waals surface area contributed by atoms with Crippen LogP contribution in [-0.4, -0.2) is 74.6 Å². The third-order valence-electron chi connectivity index (χ3n) is 5.13. The van der Waals surface area contributed by atoms with Gasteiger partial charge in [0.1, 0.15) is 0 Å². The fourth-order valence-corrected chi connectivity index (χ4v) is 3.58. The average molecular weight is 398 g/mol. The molecule has 0 radical (unpaired) electrons. The van der Waals surface area contributed by atoms with Gasteiger partial charge in [-0.15, -0.1) is 12.4 Å². The summed E-state index contributed by atoms with van der Waals surface area (Å²) in [6, 6.07) is 5.49. The summed E-state index contributed by atoms with van der Waals surface area (Å²) in [5, 5.41) is 3.36. The Morgan fingerprint density at radius 3 is 2.33 bits per heavy atom. The van der Waals surface area contributed by atoms with Gasteiger partial charge in [0, 0.05) is 44.2 Å². The molecule has 2 saturated heterocycles. The smallest absolute Gasteiger partial charge is 0.254 e. The van der Waals surface area contributed by atoms with Gasteiger partial charge in [0.25, 0.3) is 5.91 Å². The zero-order valence-electron chi connectivity index (χ0n) is 15.9. The number of nitrogens with zero attached hydrogens (tertiary/aromatic N) is 2. The summed E-state index contributed by atoms with van der Waals surface area (Å²) < 4.78 is 10.5. The minimum Gasteiger partial charge on any atom is -0.493 e. The number of ether oxygens (including phenoxy) is 2. The molecule has 2 heterocycles. The molecule has 27 heavy (non-hydrogen) atoms. The Balaban J connectivity index is 0.00000261. The Hall–Kier alpha value is -1.99. The van der Waals surface area contributed by atoms with Gasteiger partial charge < -0.3 is 24.6 Å². The number of hydrogen-bond acceptors (Lipinski definition) is 5. The number of hydrogen-bond donors (Lipinski definition) is 1. The summed E-state index contributed by atoms with van der Waals surface area (Å²) in [7, 11) is 3.12. The molecule has 7 nitrogen and oxygen atoms in total. The van der Waals surface area contributed by atoms with Crippen molar-refractivity contribution in [3.05, 3.63) is 23.8 Å². The molecular weight excluding hydrogens is 370 g/mol. The van der Waals surface area contributed by atoms with E-state index in [4.69, 9.17) is 9.47 Å². The zero-order chi connectivity index (χ0) is 18.5. The topological polar surface area (TPSA) is 71.1 Å². The Morgan fingerprint density at radius 1 is 1.07 bits per heavy atom. The molecule has 1 aromatic carbocycles. The molecule has 1 atom stereocenters. The first-order valence-electron chi connectivity index (χ1n) is 9.15. The lowest BCUT2D eigenvalue weighted by molar-refractivity contribution is -0.133. The average Bonchev–Trinajstić information content (AvgIpc) is 3.20. The molecule has 1 N–H and O–H groups in total. The summed E-state index contributed by atoms with van der Waals surface area (Å²) in [5.41, 5.74) is 0.567. The Bertz CT molecular complexity index is 656. The van der Waals surface area contributed by atoms with Gasteiger partial charge in [0.15, 0.2) is 11.5 Å². The molecule has 1 aromatic rings. The van der Waals surface area contributed by atoms with E-state index < -0.39 is 0 Å². The Labute approximate surface area is 166 Å². The third kappa shape index (κ3) is 5.05. The number of methoxy groups -OCH3 is 2. The summed E-state index contributed by atoms with van der Waals surface area (Å²) in [6.07, 6.45) is 2.78. The van der Waals surface area contributed by atoms with Crippen molar-refractivity contribution in [1.29, 1.82) is 0 Å². The molecule has 0 spiro atoms. The monoisotopic (exact) mass is 397 g/mol. The summed E-state index contributed by atoms with van der Waals surface area (Å²) in [6.45, 7) is 3.29. The molecule has 0 bridgehead atoms. The van der Waals surface area contributed by atoms with Gasteiger partial charge in [-0.05, 0) is 37.6 Å². The zero-order valence-corrected chi connectivity index (χ0v) is 16.7. The summed E-state index contributed by atoms with van der Waals surface area (Å²) >= 11 is 0. The minimum atomic E-state index is -0.0458. The Kier molecular flexibility index (Phi) is 7.74. The molecule has 2 fully saturated rings. The molecule has 3 rings (SSSR count). The van der Waals surface area contributed by atoms with Crippen molar-refractivity contribution in [2.45, 2.75) is 25.3 Å². The van der Waals surface area contributed by atoms with Crippen LogP contribution in [0.3, 0.4) is 0 Å². The second-order valence-electron chi connectivity index (χ2n) is 6.74. The van der Waals surface area contributed by atoms with Crippen LogP contribution in [-0.2, 0) is 4.79 Å². The van der Waals surface area contributed by atoms with E-state index in [1.54, 1.807) is 37.3 Å². The molecule has 0 aliphatic carbocycles. The highest BCUT2D eigenvalue weighted by atomic mass is 35.5. The van der Waals surface area contributed by atoms with Crippen LogP contribution in [0.4, 0.5) is 0 Å². The molecule has 1 unspecified atom stereocenters. The lowest BCUT2D eigenvalue weighted by atomic mass is 10.1. The number of rotatable bonds is 5. The van der Waals surface area contributed by atoms with Gasteiger partial charge >= 0.3 is 0 Å². The number of benzene rings is 1. The Morgan fingerprint density at radius 2 is 1.74 bits per heavy atom. The fourth-order valence-electron chi connectivity index (χ4n) is 3.58. The lowest BCUT2D eigenvalue weighted by Crippen LogP contribution is -2.51. The number of carbonyl (C=O) groups excluding carboxylic acids is 2. The van der Waals surface area contributed by atoms with Crippen LogP contribution >= 0.6 is 12.4 Å². The van der Waals surface area contributed by atoms with Crippen molar-refractivity contribution < 1.29 is 19.1 Å². The summed E-state index contributed by atoms with van der Waals surface area (Å²) in [4.78, 5) is 28.8. The molecule has 0 aromatic heterocycles. The highest BCUT2D eigenvalue weighted by Gasteiger charge is 2.27. The van der Waals surface area contributed by atoms with Crippen LogP contribution < -0.4 is 14.8 Å². The van der Waals surface area contributed by atoms with E-state index in [9.17, 15) is 9.59 Å². The van der Waals surface area contributed by atoms with Gasteiger partial charge in [0.05, 0.1) is 14.2 Å². The van der Waals surface area contributed by atoms with Gasteiger partial charge in [-0.3, -0.25) is 9.59 Å². The maximum Gasteiger partial charge on any atom is 0.254 e. The molecule has 0 saturated carbocycles.